The number of amides is 1. The minimum Gasteiger partial charge on any atom is -0.497 e. The highest BCUT2D eigenvalue weighted by Crippen LogP contribution is 2.45. The molecule has 2 heterocycles. The second-order valence-corrected chi connectivity index (χ2v) is 16.5. The van der Waals surface area contributed by atoms with Crippen LogP contribution in [0.3, 0.4) is 0 Å². The predicted molar refractivity (Wildman–Crippen MR) is 177 cm³/mol. The van der Waals surface area contributed by atoms with Crippen molar-refractivity contribution >= 4 is 19.9 Å². The number of nitrogens with zero attached hydrogens (tertiary/aromatic N) is 3. The van der Waals surface area contributed by atoms with Gasteiger partial charge in [-0.1, -0.05) is 54.6 Å². The molecule has 3 N–H and O–H groups in total. The first-order valence-corrected chi connectivity index (χ1v) is 18.7. The third-order valence-corrected chi connectivity index (χ3v) is 11.4. The van der Waals surface area contributed by atoms with Crippen LogP contribution >= 0.6 is 0 Å². The van der Waals surface area contributed by atoms with E-state index >= 15 is 0 Å². The molecule has 45 heavy (non-hydrogen) atoms. The van der Waals surface area contributed by atoms with E-state index in [1.165, 1.54) is 0 Å². The summed E-state index contributed by atoms with van der Waals surface area (Å²) in [6.07, 6.45) is 4.16. The van der Waals surface area contributed by atoms with Crippen molar-refractivity contribution in [1.29, 1.82) is 0 Å². The van der Waals surface area contributed by atoms with Crippen LogP contribution < -0.4 is 10.1 Å². The summed E-state index contributed by atoms with van der Waals surface area (Å²) >= 11 is 0. The van der Waals surface area contributed by atoms with Crippen LogP contribution in [0, 0.1) is 5.92 Å². The zero-order valence-corrected chi connectivity index (χ0v) is 27.5. The molecule has 1 fully saturated rings. The van der Waals surface area contributed by atoms with E-state index < -0.39 is 8.32 Å². The van der Waals surface area contributed by atoms with E-state index in [9.17, 15) is 14.7 Å². The molecular weight excluding hydrogens is 584 g/mol. The Morgan fingerprint density at radius 2 is 1.80 bits per heavy atom. The summed E-state index contributed by atoms with van der Waals surface area (Å²) in [5, 5.41) is 21.7. The Kier molecular flexibility index (Phi) is 10.5. The minimum atomic E-state index is -2.53. The van der Waals surface area contributed by atoms with E-state index in [0.29, 0.717) is 24.3 Å². The number of aliphatic hydroxyl groups is 1. The van der Waals surface area contributed by atoms with Gasteiger partial charge in [0.2, 0.25) is 0 Å². The van der Waals surface area contributed by atoms with Crippen LogP contribution in [-0.4, -0.2) is 65.0 Å². The monoisotopic (exact) mass is 628 g/mol. The number of nitrogens with one attached hydrogen (secondary N) is 1. The molecule has 1 aromatic heterocycles. The standard InChI is InChI=1S/C35H44N4O5Si/c1-24-32(18-13-25-9-8-12-28(21-25)36-35(41)27-14-16-29(43-2)17-15-27)44-33(34(24)45(3,4)42)19-20-39-22-31(37-38-39)30(23-40)26-10-6-5-7-11-26/h5-12,14-17,21-22,24,30,32-34,40,42H,13,18-20,23H2,1-4H3,(H,36,41)/t24-,30?,32+,33-,34+/m1/s1. The van der Waals surface area contributed by atoms with Crippen LogP contribution in [-0.2, 0) is 17.7 Å². The van der Waals surface area contributed by atoms with E-state index in [4.69, 9.17) is 9.47 Å². The number of rotatable bonds is 13. The molecule has 1 aliphatic rings. The Hall–Kier alpha value is -3.83. The molecule has 1 saturated heterocycles. The van der Waals surface area contributed by atoms with Crippen molar-refractivity contribution in [3.8, 4) is 5.75 Å². The quantitative estimate of drug-likeness (QED) is 0.164. The lowest BCUT2D eigenvalue weighted by atomic mass is 9.95. The summed E-state index contributed by atoms with van der Waals surface area (Å²) in [7, 11) is -0.928. The maximum Gasteiger partial charge on any atom is 0.255 e. The largest absolute Gasteiger partial charge is 0.497 e. The first kappa shape index (κ1) is 32.6. The molecule has 238 valence electrons. The van der Waals surface area contributed by atoms with E-state index in [1.807, 2.05) is 72.5 Å². The van der Waals surface area contributed by atoms with Crippen LogP contribution in [0.15, 0.2) is 85.1 Å². The lowest BCUT2D eigenvalue weighted by molar-refractivity contribution is 0.0245. The van der Waals surface area contributed by atoms with Crippen molar-refractivity contribution in [2.75, 3.05) is 19.0 Å². The number of anilines is 1. The average Bonchev–Trinajstić information content (AvgIpc) is 3.64. The highest BCUT2D eigenvalue weighted by molar-refractivity contribution is 6.71. The number of carbonyl (C=O) groups is 1. The molecule has 1 unspecified atom stereocenters. The van der Waals surface area contributed by atoms with Crippen molar-refractivity contribution in [2.24, 2.45) is 5.92 Å². The number of aryl methyl sites for hydroxylation is 2. The third-order valence-electron chi connectivity index (χ3n) is 8.91. The smallest absolute Gasteiger partial charge is 0.255 e. The Balaban J connectivity index is 1.19. The Morgan fingerprint density at radius 3 is 2.49 bits per heavy atom. The number of aliphatic hydroxyl groups excluding tert-OH is 1. The summed E-state index contributed by atoms with van der Waals surface area (Å²) < 4.78 is 13.7. The molecule has 1 aliphatic heterocycles. The lowest BCUT2D eigenvalue weighted by Crippen LogP contribution is -2.40. The lowest BCUT2D eigenvalue weighted by Gasteiger charge is -2.30. The number of aromatic nitrogens is 3. The summed E-state index contributed by atoms with van der Waals surface area (Å²) in [6, 6.07) is 24.8. The normalized spacial score (nSPS) is 20.6. The van der Waals surface area contributed by atoms with Gasteiger partial charge in [0.25, 0.3) is 5.91 Å². The van der Waals surface area contributed by atoms with Crippen molar-refractivity contribution in [1.82, 2.24) is 15.0 Å². The number of ether oxygens (including phenoxy) is 2. The number of benzene rings is 3. The topological polar surface area (TPSA) is 119 Å². The summed E-state index contributed by atoms with van der Waals surface area (Å²) in [6.45, 7) is 6.77. The SMILES string of the molecule is COc1ccc(C(=O)Nc2cccc(CC[C@@H]3O[C@H](CCn4cc(C(CO)c5ccccc5)nn4)[C@@H]([Si](C)(C)O)[C@@H]3C)c2)cc1. The molecule has 0 aliphatic carbocycles. The van der Waals surface area contributed by atoms with Crippen LogP contribution in [0.2, 0.25) is 18.6 Å². The number of hydrogen-bond acceptors (Lipinski definition) is 7. The van der Waals surface area contributed by atoms with Gasteiger partial charge in [-0.3, -0.25) is 9.48 Å². The zero-order valence-electron chi connectivity index (χ0n) is 26.5. The van der Waals surface area contributed by atoms with E-state index in [-0.39, 0.29) is 42.1 Å². The van der Waals surface area contributed by atoms with Crippen LogP contribution in [0.4, 0.5) is 5.69 Å². The molecular formula is C35H44N4O5Si. The van der Waals surface area contributed by atoms with Crippen molar-refractivity contribution in [3.63, 3.8) is 0 Å². The first-order valence-electron chi connectivity index (χ1n) is 15.6. The maximum absolute atomic E-state index is 12.8. The molecule has 5 atom stereocenters. The first-order chi connectivity index (χ1) is 21.7. The molecule has 0 bridgehead atoms. The van der Waals surface area contributed by atoms with Crippen LogP contribution in [0.5, 0.6) is 5.75 Å². The van der Waals surface area contributed by atoms with Gasteiger partial charge in [-0.2, -0.15) is 0 Å². The van der Waals surface area contributed by atoms with E-state index in [0.717, 1.165) is 35.3 Å². The third kappa shape index (κ3) is 8.07. The average molecular weight is 629 g/mol. The molecule has 0 saturated carbocycles. The van der Waals surface area contributed by atoms with Crippen LogP contribution in [0.1, 0.15) is 52.9 Å². The zero-order chi connectivity index (χ0) is 32.0. The summed E-state index contributed by atoms with van der Waals surface area (Å²) in [5.41, 5.74) is 4.25. The minimum absolute atomic E-state index is 0.0135. The van der Waals surface area contributed by atoms with Gasteiger partial charge in [-0.15, -0.1) is 5.10 Å². The van der Waals surface area contributed by atoms with Gasteiger partial charge in [0.05, 0.1) is 37.5 Å². The Labute approximate surface area is 266 Å². The second-order valence-electron chi connectivity index (χ2n) is 12.5. The molecule has 0 radical (unpaired) electrons. The molecule has 5 rings (SSSR count). The fourth-order valence-electron chi connectivity index (χ4n) is 6.64. The maximum atomic E-state index is 12.8. The van der Waals surface area contributed by atoms with Gasteiger partial charge >= 0.3 is 0 Å². The number of methoxy groups -OCH3 is 1. The summed E-state index contributed by atoms with van der Waals surface area (Å²) in [4.78, 5) is 24.1. The van der Waals surface area contributed by atoms with Gasteiger partial charge < -0.3 is 24.7 Å². The van der Waals surface area contributed by atoms with E-state index in [1.54, 1.807) is 31.4 Å². The van der Waals surface area contributed by atoms with E-state index in [2.05, 4.69) is 28.6 Å². The Morgan fingerprint density at radius 1 is 1.04 bits per heavy atom. The fourth-order valence-corrected chi connectivity index (χ4v) is 9.29. The highest BCUT2D eigenvalue weighted by Gasteiger charge is 2.49. The van der Waals surface area contributed by atoms with Gasteiger partial charge in [0.1, 0.15) is 5.75 Å². The Bertz CT molecular complexity index is 1540. The molecule has 1 amide bonds. The van der Waals surface area contributed by atoms with Crippen molar-refractivity contribution in [3.05, 3.63) is 107 Å². The van der Waals surface area contributed by atoms with Gasteiger partial charge in [0, 0.05) is 29.5 Å². The van der Waals surface area contributed by atoms with Crippen molar-refractivity contribution in [2.45, 2.75) is 69.5 Å². The summed E-state index contributed by atoms with van der Waals surface area (Å²) in [5.74, 6) is 0.520. The number of hydrogen-bond donors (Lipinski definition) is 3. The number of carbonyl (C=O) groups excluding carboxylic acids is 1. The predicted octanol–water partition coefficient (Wildman–Crippen LogP) is 5.66. The fraction of sp³-hybridized carbons (Fsp3) is 0.400. The van der Waals surface area contributed by atoms with Crippen LogP contribution in [0.25, 0.3) is 0 Å². The molecule has 3 aromatic carbocycles. The molecule has 4 aromatic rings. The van der Waals surface area contributed by atoms with Crippen molar-refractivity contribution < 1.29 is 24.2 Å². The molecule has 9 nitrogen and oxygen atoms in total. The highest BCUT2D eigenvalue weighted by atomic mass is 28.4. The van der Waals surface area contributed by atoms with Gasteiger partial charge in [-0.05, 0) is 85.8 Å². The molecule has 10 heteroatoms. The molecule has 0 spiro atoms. The van der Waals surface area contributed by atoms with Gasteiger partial charge in [0.15, 0.2) is 8.32 Å². The second kappa shape index (κ2) is 14.5. The van der Waals surface area contributed by atoms with Gasteiger partial charge in [-0.25, -0.2) is 0 Å².